The van der Waals surface area contributed by atoms with Crippen LogP contribution in [-0.4, -0.2) is 69.3 Å². The average Bonchev–Trinajstić information content (AvgIpc) is 2.82. The Morgan fingerprint density at radius 2 is 1.73 bits per heavy atom. The highest BCUT2D eigenvalue weighted by molar-refractivity contribution is 6.36. The number of rotatable bonds is 13. The maximum Gasteiger partial charge on any atom is 0.408 e. The lowest BCUT2D eigenvalue weighted by molar-refractivity contribution is -0.138. The van der Waals surface area contributed by atoms with E-state index in [4.69, 9.17) is 0 Å². The molecule has 1 heterocycles. The number of aromatic nitrogens is 1. The Bertz CT molecular complexity index is 1040. The molecule has 1 atom stereocenters. The molecule has 0 aliphatic heterocycles. The third-order valence-corrected chi connectivity index (χ3v) is 6.00. The second-order valence-corrected chi connectivity index (χ2v) is 9.71. The zero-order valence-corrected chi connectivity index (χ0v) is 22.4. The van der Waals surface area contributed by atoms with Crippen molar-refractivity contribution in [1.82, 2.24) is 20.1 Å². The number of carbonyl (C=O) groups is 5. The summed E-state index contributed by atoms with van der Waals surface area (Å²) < 4.78 is 1.14. The second-order valence-electron chi connectivity index (χ2n) is 9.71. The summed E-state index contributed by atoms with van der Waals surface area (Å²) in [5.74, 6) is -2.52. The summed E-state index contributed by atoms with van der Waals surface area (Å²) in [4.78, 5) is 75.1. The van der Waals surface area contributed by atoms with Crippen LogP contribution in [0.3, 0.4) is 0 Å². The number of hydrogen-bond donors (Lipinski definition) is 4. The number of Topliss-reactive ketones (excluding diaryl/α,β-unsaturated/α-hetero) is 1. The predicted molar refractivity (Wildman–Crippen MR) is 138 cm³/mol. The quantitative estimate of drug-likeness (QED) is 0.286. The number of anilines is 1. The van der Waals surface area contributed by atoms with E-state index in [2.05, 4.69) is 16.0 Å². The fraction of sp³-hybridized carbons (Fsp3) is 0.600. The van der Waals surface area contributed by atoms with E-state index in [0.29, 0.717) is 12.5 Å². The Kier molecular flexibility index (Phi) is 12.0. The van der Waals surface area contributed by atoms with E-state index in [1.165, 1.54) is 25.4 Å². The third-order valence-electron chi connectivity index (χ3n) is 6.00. The number of nitrogens with one attached hydrogen (secondary N) is 3. The first-order valence-corrected chi connectivity index (χ1v) is 12.3. The van der Waals surface area contributed by atoms with Crippen molar-refractivity contribution in [2.24, 2.45) is 5.92 Å². The molecule has 1 aromatic heterocycles. The summed E-state index contributed by atoms with van der Waals surface area (Å²) in [6.07, 6.45) is 1.17. The van der Waals surface area contributed by atoms with Gasteiger partial charge in [0.1, 0.15) is 18.3 Å². The van der Waals surface area contributed by atoms with Crippen molar-refractivity contribution in [2.75, 3.05) is 18.9 Å². The van der Waals surface area contributed by atoms with Gasteiger partial charge in [-0.15, -0.1) is 0 Å². The van der Waals surface area contributed by atoms with Crippen molar-refractivity contribution in [3.63, 3.8) is 0 Å². The molecule has 206 valence electrons. The molecule has 0 radical (unpaired) electrons. The van der Waals surface area contributed by atoms with Crippen molar-refractivity contribution in [3.05, 3.63) is 28.7 Å². The first-order chi connectivity index (χ1) is 17.3. The molecule has 1 rings (SSSR count). The molecule has 0 spiro atoms. The van der Waals surface area contributed by atoms with E-state index < -0.39 is 40.8 Å². The monoisotopic (exact) mass is 521 g/mol. The molecular weight excluding hydrogens is 482 g/mol. The van der Waals surface area contributed by atoms with E-state index in [0.717, 1.165) is 22.3 Å². The maximum absolute atomic E-state index is 13.2. The number of nitrogens with zero attached hydrogens (tertiary/aromatic N) is 2. The van der Waals surface area contributed by atoms with E-state index in [1.54, 1.807) is 20.8 Å². The van der Waals surface area contributed by atoms with Gasteiger partial charge in [0.05, 0.1) is 0 Å². The first kappa shape index (κ1) is 31.3. The van der Waals surface area contributed by atoms with Crippen molar-refractivity contribution in [2.45, 2.75) is 78.4 Å². The molecule has 4 N–H and O–H groups in total. The van der Waals surface area contributed by atoms with Gasteiger partial charge in [0, 0.05) is 31.7 Å². The normalized spacial score (nSPS) is 12.0. The zero-order valence-electron chi connectivity index (χ0n) is 22.4. The lowest BCUT2D eigenvalue weighted by atomic mass is 9.99. The Balaban J connectivity index is 3.15. The molecule has 1 unspecified atom stereocenters. The minimum atomic E-state index is -1.40. The van der Waals surface area contributed by atoms with E-state index in [1.807, 2.05) is 13.8 Å². The molecule has 0 aromatic carbocycles. The van der Waals surface area contributed by atoms with Crippen LogP contribution >= 0.6 is 0 Å². The van der Waals surface area contributed by atoms with Crippen molar-refractivity contribution >= 4 is 35.3 Å². The average molecular weight is 522 g/mol. The number of hydrogen-bond acceptors (Lipinski definition) is 6. The van der Waals surface area contributed by atoms with Gasteiger partial charge in [0.2, 0.25) is 17.6 Å². The molecule has 0 aliphatic carbocycles. The lowest BCUT2D eigenvalue weighted by Crippen LogP contribution is -2.56. The summed E-state index contributed by atoms with van der Waals surface area (Å²) in [6, 6.07) is 1.45. The number of amides is 4. The van der Waals surface area contributed by atoms with Crippen LogP contribution in [0.5, 0.6) is 0 Å². The Hall–Kier alpha value is -3.70. The van der Waals surface area contributed by atoms with Crippen LogP contribution in [0.1, 0.15) is 60.3 Å². The maximum atomic E-state index is 13.2. The zero-order chi connectivity index (χ0) is 28.3. The van der Waals surface area contributed by atoms with E-state index in [-0.39, 0.29) is 31.0 Å². The van der Waals surface area contributed by atoms with Crippen LogP contribution in [0.2, 0.25) is 0 Å². The Labute approximate surface area is 216 Å². The SMILES string of the molecule is CCC(CC)CNC(=O)Cn1cccc(NC(=O)C(CCC(=O)C(=O)NC)N(C(=O)O)C(C)(C)C)c1=O. The fourth-order valence-electron chi connectivity index (χ4n) is 3.80. The smallest absolute Gasteiger partial charge is 0.408 e. The van der Waals surface area contributed by atoms with Crippen molar-refractivity contribution < 1.29 is 29.1 Å². The highest BCUT2D eigenvalue weighted by atomic mass is 16.4. The Morgan fingerprint density at radius 3 is 2.24 bits per heavy atom. The van der Waals surface area contributed by atoms with Gasteiger partial charge in [0.25, 0.3) is 11.5 Å². The van der Waals surface area contributed by atoms with E-state index >= 15 is 0 Å². The molecule has 0 saturated carbocycles. The van der Waals surface area contributed by atoms with Gasteiger partial charge in [-0.25, -0.2) is 4.79 Å². The van der Waals surface area contributed by atoms with Crippen LogP contribution in [0.25, 0.3) is 0 Å². The van der Waals surface area contributed by atoms with Gasteiger partial charge >= 0.3 is 6.09 Å². The largest absolute Gasteiger partial charge is 0.465 e. The van der Waals surface area contributed by atoms with Gasteiger partial charge in [-0.1, -0.05) is 26.7 Å². The molecule has 37 heavy (non-hydrogen) atoms. The topological polar surface area (TPSA) is 167 Å². The minimum absolute atomic E-state index is 0.151. The van der Waals surface area contributed by atoms with Crippen molar-refractivity contribution in [3.8, 4) is 0 Å². The van der Waals surface area contributed by atoms with Gasteiger partial charge < -0.3 is 25.6 Å². The number of carbonyl (C=O) groups excluding carboxylic acids is 4. The molecule has 1 aromatic rings. The molecule has 0 saturated heterocycles. The second kappa shape index (κ2) is 14.1. The summed E-state index contributed by atoms with van der Waals surface area (Å²) in [7, 11) is 1.29. The molecule has 0 bridgehead atoms. The molecule has 12 heteroatoms. The summed E-state index contributed by atoms with van der Waals surface area (Å²) >= 11 is 0. The number of ketones is 1. The summed E-state index contributed by atoms with van der Waals surface area (Å²) in [5.41, 5.74) is -1.83. The molecular formula is C25H39N5O7. The van der Waals surface area contributed by atoms with Crippen molar-refractivity contribution in [1.29, 1.82) is 0 Å². The van der Waals surface area contributed by atoms with Gasteiger partial charge in [0.15, 0.2) is 0 Å². The number of likely N-dealkylation sites (N-methyl/N-ethyl adjacent to an activating group) is 1. The molecule has 0 fully saturated rings. The van der Waals surface area contributed by atoms with Crippen LogP contribution in [0, 0.1) is 5.92 Å². The standard InChI is InChI=1S/C25H39N5O7/c1-7-16(8-2)14-27-20(32)15-29-13-9-10-17(23(29)35)28-21(33)18(11-12-19(31)22(34)26-6)30(24(36)37)25(3,4)5/h9-10,13,16,18H,7-8,11-12,14-15H2,1-6H3,(H,26,34)(H,27,32)(H,28,33)(H,36,37). The first-order valence-electron chi connectivity index (χ1n) is 12.3. The molecule has 12 nitrogen and oxygen atoms in total. The van der Waals surface area contributed by atoms with Crippen LogP contribution in [-0.2, 0) is 25.7 Å². The minimum Gasteiger partial charge on any atom is -0.465 e. The highest BCUT2D eigenvalue weighted by Gasteiger charge is 2.38. The lowest BCUT2D eigenvalue weighted by Gasteiger charge is -2.38. The summed E-state index contributed by atoms with van der Waals surface area (Å²) in [5, 5.41) is 17.3. The predicted octanol–water partition coefficient (Wildman–Crippen LogP) is 1.58. The van der Waals surface area contributed by atoms with Gasteiger partial charge in [-0.2, -0.15) is 0 Å². The molecule has 4 amide bonds. The Morgan fingerprint density at radius 1 is 1.11 bits per heavy atom. The molecule has 0 aliphatic rings. The van der Waals surface area contributed by atoms with Gasteiger partial charge in [-0.3, -0.25) is 28.9 Å². The summed E-state index contributed by atoms with van der Waals surface area (Å²) in [6.45, 7) is 9.04. The highest BCUT2D eigenvalue weighted by Crippen LogP contribution is 2.22. The van der Waals surface area contributed by atoms with Crippen LogP contribution in [0.4, 0.5) is 10.5 Å². The number of pyridine rings is 1. The number of carboxylic acid groups (broad SMARTS) is 1. The van der Waals surface area contributed by atoms with Crippen LogP contribution < -0.4 is 21.5 Å². The third kappa shape index (κ3) is 9.36. The van der Waals surface area contributed by atoms with Gasteiger partial charge in [-0.05, 0) is 45.2 Å². The van der Waals surface area contributed by atoms with E-state index in [9.17, 15) is 33.9 Å². The fourth-order valence-corrected chi connectivity index (χ4v) is 3.80. The van der Waals surface area contributed by atoms with Crippen LogP contribution in [0.15, 0.2) is 23.1 Å².